The van der Waals surface area contributed by atoms with E-state index in [0.717, 1.165) is 71.0 Å². The molecule has 2 aliphatic rings. The Morgan fingerprint density at radius 2 is 1.82 bits per heavy atom. The van der Waals surface area contributed by atoms with Crippen LogP contribution < -0.4 is 15.0 Å². The lowest BCUT2D eigenvalue weighted by Gasteiger charge is -2.35. The summed E-state index contributed by atoms with van der Waals surface area (Å²) in [6, 6.07) is 5.26. The van der Waals surface area contributed by atoms with Crippen LogP contribution in [-0.2, 0) is 0 Å². The molecule has 0 radical (unpaired) electrons. The maximum atomic E-state index is 5.56. The van der Waals surface area contributed by atoms with Crippen LogP contribution >= 0.6 is 22.6 Å². The van der Waals surface area contributed by atoms with E-state index in [9.17, 15) is 0 Å². The first-order chi connectivity index (χ1) is 13.5. The molecule has 3 heterocycles. The van der Waals surface area contributed by atoms with Crippen molar-refractivity contribution in [3.8, 4) is 5.75 Å². The highest BCUT2D eigenvalue weighted by molar-refractivity contribution is 14.1. The molecule has 0 spiro atoms. The lowest BCUT2D eigenvalue weighted by atomic mass is 10.0. The largest absolute Gasteiger partial charge is 0.496 e. The molecule has 2 aromatic rings. The minimum absolute atomic E-state index is 0.449. The molecule has 0 atom stereocenters. The van der Waals surface area contributed by atoms with Crippen LogP contribution in [0.15, 0.2) is 12.1 Å². The van der Waals surface area contributed by atoms with Crippen LogP contribution in [0.25, 0.3) is 10.9 Å². The Labute approximate surface area is 181 Å². The third kappa shape index (κ3) is 4.15. The average Bonchev–Trinajstić information content (AvgIpc) is 3.22. The Balaban J connectivity index is 1.66. The van der Waals surface area contributed by atoms with Gasteiger partial charge in [-0.1, -0.05) is 0 Å². The third-order valence-electron chi connectivity index (χ3n) is 5.95. The first-order valence-corrected chi connectivity index (χ1v) is 11.4. The van der Waals surface area contributed by atoms with Crippen molar-refractivity contribution >= 4 is 45.3 Å². The highest BCUT2D eigenvalue weighted by atomic mass is 127. The predicted octanol–water partition coefficient (Wildman–Crippen LogP) is 4.13. The molecule has 0 aliphatic carbocycles. The summed E-state index contributed by atoms with van der Waals surface area (Å²) in [5.41, 5.74) is 0.990. The van der Waals surface area contributed by atoms with Crippen molar-refractivity contribution in [3.63, 3.8) is 0 Å². The minimum atomic E-state index is 0.449. The normalized spacial score (nSPS) is 19.0. The zero-order valence-corrected chi connectivity index (χ0v) is 19.2. The summed E-state index contributed by atoms with van der Waals surface area (Å²) >= 11 is 2.32. The van der Waals surface area contributed by atoms with Gasteiger partial charge in [-0.05, 0) is 74.3 Å². The fraction of sp³-hybridized carbons (Fsp3) is 0.619. The molecule has 0 bridgehead atoms. The molecule has 2 aliphatic heterocycles. The molecule has 7 heteroatoms. The fourth-order valence-electron chi connectivity index (χ4n) is 4.20. The van der Waals surface area contributed by atoms with Crippen molar-refractivity contribution in [2.24, 2.45) is 0 Å². The molecular formula is C21H30IN5O. The SMILES string of the molecule is COc1cc2c(NC3CCN(C(C)C)CC3)nc(N3CCCC3)nc2cc1I. The van der Waals surface area contributed by atoms with Gasteiger partial charge in [-0.2, -0.15) is 4.98 Å². The number of nitrogens with zero attached hydrogens (tertiary/aromatic N) is 4. The Kier molecular flexibility index (Phi) is 6.10. The molecule has 1 aromatic heterocycles. The molecule has 2 saturated heterocycles. The summed E-state index contributed by atoms with van der Waals surface area (Å²) < 4.78 is 6.64. The molecule has 1 N–H and O–H groups in total. The lowest BCUT2D eigenvalue weighted by Crippen LogP contribution is -2.42. The zero-order valence-electron chi connectivity index (χ0n) is 17.0. The van der Waals surface area contributed by atoms with E-state index in [1.165, 1.54) is 12.8 Å². The van der Waals surface area contributed by atoms with Gasteiger partial charge in [-0.15, -0.1) is 0 Å². The third-order valence-corrected chi connectivity index (χ3v) is 6.79. The Bertz CT molecular complexity index is 829. The summed E-state index contributed by atoms with van der Waals surface area (Å²) in [7, 11) is 1.72. The monoisotopic (exact) mass is 495 g/mol. The number of benzene rings is 1. The van der Waals surface area contributed by atoms with Crippen LogP contribution in [0, 0.1) is 3.57 Å². The number of aromatic nitrogens is 2. The molecule has 152 valence electrons. The summed E-state index contributed by atoms with van der Waals surface area (Å²) in [5, 5.41) is 4.80. The quantitative estimate of drug-likeness (QED) is 0.630. The average molecular weight is 495 g/mol. The number of anilines is 2. The van der Waals surface area contributed by atoms with E-state index in [1.54, 1.807) is 7.11 Å². The van der Waals surface area contributed by atoms with Gasteiger partial charge >= 0.3 is 0 Å². The van der Waals surface area contributed by atoms with E-state index < -0.39 is 0 Å². The van der Waals surface area contributed by atoms with Crippen LogP contribution in [-0.4, -0.2) is 60.2 Å². The van der Waals surface area contributed by atoms with E-state index in [-0.39, 0.29) is 0 Å². The highest BCUT2D eigenvalue weighted by Gasteiger charge is 2.23. The van der Waals surface area contributed by atoms with E-state index in [1.807, 2.05) is 0 Å². The first kappa shape index (κ1) is 19.9. The van der Waals surface area contributed by atoms with Crippen LogP contribution in [0.3, 0.4) is 0 Å². The van der Waals surface area contributed by atoms with Crippen molar-refractivity contribution in [2.45, 2.75) is 51.6 Å². The minimum Gasteiger partial charge on any atom is -0.496 e. The van der Waals surface area contributed by atoms with E-state index in [4.69, 9.17) is 14.7 Å². The van der Waals surface area contributed by atoms with Gasteiger partial charge in [-0.25, -0.2) is 4.98 Å². The number of piperidine rings is 1. The molecule has 1 aromatic carbocycles. The molecule has 4 rings (SSSR count). The van der Waals surface area contributed by atoms with Crippen LogP contribution in [0.4, 0.5) is 11.8 Å². The summed E-state index contributed by atoms with van der Waals surface area (Å²) in [6.07, 6.45) is 4.73. The first-order valence-electron chi connectivity index (χ1n) is 10.4. The molecule has 6 nitrogen and oxygen atoms in total. The highest BCUT2D eigenvalue weighted by Crippen LogP contribution is 2.33. The van der Waals surface area contributed by atoms with E-state index in [0.29, 0.717) is 12.1 Å². The summed E-state index contributed by atoms with van der Waals surface area (Å²) in [6.45, 7) is 8.93. The van der Waals surface area contributed by atoms with Crippen molar-refractivity contribution < 1.29 is 4.74 Å². The van der Waals surface area contributed by atoms with Crippen molar-refractivity contribution in [2.75, 3.05) is 43.5 Å². The number of halogens is 1. The van der Waals surface area contributed by atoms with Gasteiger partial charge in [0, 0.05) is 43.6 Å². The number of fused-ring (bicyclic) bond motifs is 1. The number of hydrogen-bond acceptors (Lipinski definition) is 6. The molecule has 2 fully saturated rings. The van der Waals surface area contributed by atoms with Gasteiger partial charge in [-0.3, -0.25) is 0 Å². The van der Waals surface area contributed by atoms with Gasteiger partial charge in [0.2, 0.25) is 5.95 Å². The molecule has 0 saturated carbocycles. The van der Waals surface area contributed by atoms with Crippen molar-refractivity contribution in [1.82, 2.24) is 14.9 Å². The van der Waals surface area contributed by atoms with Gasteiger partial charge in [0.1, 0.15) is 11.6 Å². The maximum absolute atomic E-state index is 5.56. The van der Waals surface area contributed by atoms with E-state index >= 15 is 0 Å². The Morgan fingerprint density at radius 3 is 2.46 bits per heavy atom. The number of likely N-dealkylation sites (tertiary alicyclic amines) is 1. The van der Waals surface area contributed by atoms with Crippen molar-refractivity contribution in [1.29, 1.82) is 0 Å². The van der Waals surface area contributed by atoms with Crippen LogP contribution in [0.5, 0.6) is 5.75 Å². The Hall–Kier alpha value is -1.35. The number of hydrogen-bond donors (Lipinski definition) is 1. The molecule has 28 heavy (non-hydrogen) atoms. The topological polar surface area (TPSA) is 53.5 Å². The van der Waals surface area contributed by atoms with Gasteiger partial charge in [0.25, 0.3) is 0 Å². The van der Waals surface area contributed by atoms with E-state index in [2.05, 4.69) is 63.7 Å². The van der Waals surface area contributed by atoms with Gasteiger partial charge in [0.15, 0.2) is 0 Å². The van der Waals surface area contributed by atoms with Gasteiger partial charge in [0.05, 0.1) is 16.2 Å². The number of nitrogens with one attached hydrogen (secondary N) is 1. The molecule has 0 amide bonds. The molecular weight excluding hydrogens is 465 g/mol. The second-order valence-electron chi connectivity index (χ2n) is 8.12. The zero-order chi connectivity index (χ0) is 19.7. The van der Waals surface area contributed by atoms with Crippen LogP contribution in [0.2, 0.25) is 0 Å². The summed E-state index contributed by atoms with van der Waals surface area (Å²) in [5.74, 6) is 2.68. The standard InChI is InChI=1S/C21H30IN5O/c1-14(2)26-10-6-15(7-11-26)23-20-16-12-19(28-3)17(22)13-18(16)24-21(25-20)27-8-4-5-9-27/h12-15H,4-11H2,1-3H3,(H,23,24,25). The molecule has 0 unspecified atom stereocenters. The smallest absolute Gasteiger partial charge is 0.227 e. The summed E-state index contributed by atoms with van der Waals surface area (Å²) in [4.78, 5) is 14.7. The fourth-order valence-corrected chi connectivity index (χ4v) is 4.87. The predicted molar refractivity (Wildman–Crippen MR) is 124 cm³/mol. The van der Waals surface area contributed by atoms with Crippen molar-refractivity contribution in [3.05, 3.63) is 15.7 Å². The maximum Gasteiger partial charge on any atom is 0.227 e. The van der Waals surface area contributed by atoms with Crippen LogP contribution in [0.1, 0.15) is 39.5 Å². The second-order valence-corrected chi connectivity index (χ2v) is 9.28. The number of methoxy groups -OCH3 is 1. The Morgan fingerprint density at radius 1 is 1.11 bits per heavy atom. The van der Waals surface area contributed by atoms with Gasteiger partial charge < -0.3 is 19.9 Å². The lowest BCUT2D eigenvalue weighted by molar-refractivity contribution is 0.177. The number of ether oxygens (including phenoxy) is 1. The number of rotatable bonds is 5. The second kappa shape index (κ2) is 8.57.